The monoisotopic (exact) mass is 437 g/mol. The summed E-state index contributed by atoms with van der Waals surface area (Å²) in [6.45, 7) is 5.30. The summed E-state index contributed by atoms with van der Waals surface area (Å²) in [4.78, 5) is 21.0. The summed E-state index contributed by atoms with van der Waals surface area (Å²) in [5.41, 5.74) is 1.05. The molecule has 166 valence electrons. The second-order valence-electron chi connectivity index (χ2n) is 7.90. The van der Waals surface area contributed by atoms with E-state index < -0.39 is 0 Å². The Hall–Kier alpha value is -2.03. The average molecular weight is 438 g/mol. The number of piperazine rings is 1. The molecule has 0 saturated carbocycles. The van der Waals surface area contributed by atoms with Crippen molar-refractivity contribution in [3.8, 4) is 0 Å². The van der Waals surface area contributed by atoms with E-state index in [4.69, 9.17) is 16.3 Å². The Balaban J connectivity index is 1.41. The van der Waals surface area contributed by atoms with Crippen LogP contribution in [-0.2, 0) is 9.53 Å². The van der Waals surface area contributed by atoms with Gasteiger partial charge in [0.2, 0.25) is 5.91 Å². The van der Waals surface area contributed by atoms with Gasteiger partial charge in [0.25, 0.3) is 0 Å². The number of ether oxygens (including phenoxy) is 1. The molecule has 1 aromatic rings. The summed E-state index contributed by atoms with van der Waals surface area (Å²) in [6.07, 6.45) is 1.60. The van der Waals surface area contributed by atoms with E-state index in [1.165, 1.54) is 0 Å². The number of benzene rings is 1. The number of amides is 1. The molecule has 1 atom stereocenters. The number of hydrogen-bond acceptors (Lipinski definition) is 5. The average Bonchev–Trinajstić information content (AvgIpc) is 3.23. The second-order valence-corrected chi connectivity index (χ2v) is 8.34. The minimum atomic E-state index is -0.0750. The molecule has 0 bridgehead atoms. The number of nitrogens with one attached hydrogen (secondary N) is 2. The number of rotatable bonds is 7. The smallest absolute Gasteiger partial charge is 0.242 e. The summed E-state index contributed by atoms with van der Waals surface area (Å²) < 4.78 is 5.52. The number of guanidine groups is 1. The second kappa shape index (κ2) is 10.8. The predicted octanol–water partition coefficient (Wildman–Crippen LogP) is 0.943. The Bertz CT molecular complexity index is 714. The van der Waals surface area contributed by atoms with Crippen molar-refractivity contribution in [1.29, 1.82) is 0 Å². The number of aliphatic hydroxyl groups excluding tert-OH is 1. The van der Waals surface area contributed by atoms with Crippen molar-refractivity contribution < 1.29 is 14.6 Å². The van der Waals surface area contributed by atoms with E-state index in [1.807, 2.05) is 29.2 Å². The molecule has 2 aliphatic heterocycles. The molecule has 30 heavy (non-hydrogen) atoms. The van der Waals surface area contributed by atoms with Gasteiger partial charge in [-0.1, -0.05) is 11.6 Å². The van der Waals surface area contributed by atoms with Gasteiger partial charge < -0.3 is 30.3 Å². The number of nitrogens with zero attached hydrogens (tertiary/aromatic N) is 3. The first kappa shape index (κ1) is 22.7. The van der Waals surface area contributed by atoms with Crippen LogP contribution in [0.15, 0.2) is 29.3 Å². The highest BCUT2D eigenvalue weighted by molar-refractivity contribution is 6.30. The van der Waals surface area contributed by atoms with Crippen LogP contribution in [0.5, 0.6) is 0 Å². The molecule has 8 nitrogen and oxygen atoms in total. The molecule has 2 saturated heterocycles. The summed E-state index contributed by atoms with van der Waals surface area (Å²) in [5, 5.41) is 16.5. The lowest BCUT2D eigenvalue weighted by molar-refractivity contribution is -0.130. The first-order chi connectivity index (χ1) is 14.5. The van der Waals surface area contributed by atoms with Crippen LogP contribution in [-0.4, -0.2) is 88.0 Å². The zero-order valence-electron chi connectivity index (χ0n) is 17.6. The van der Waals surface area contributed by atoms with Gasteiger partial charge in [-0.15, -0.1) is 0 Å². The number of halogens is 1. The predicted molar refractivity (Wildman–Crippen MR) is 119 cm³/mol. The SMILES string of the molecule is CN=C(NCC(=O)N1CCN(c2ccc(Cl)cc2)CC1)NCC1(CCO)CCOC1. The standard InChI is InChI=1S/C21H32ClN5O3/c1-23-20(25-15-21(6-12-28)7-13-30-16-21)24-14-19(29)27-10-8-26(9-11-27)18-4-2-17(22)3-5-18/h2-5,28H,6-16H2,1H3,(H2,23,24,25). The van der Waals surface area contributed by atoms with Crippen molar-refractivity contribution in [2.24, 2.45) is 10.4 Å². The third-order valence-electron chi connectivity index (χ3n) is 5.91. The van der Waals surface area contributed by atoms with Crippen LogP contribution in [0, 0.1) is 5.41 Å². The van der Waals surface area contributed by atoms with Gasteiger partial charge in [-0.25, -0.2) is 0 Å². The molecule has 0 aliphatic carbocycles. The number of carbonyl (C=O) groups is 1. The topological polar surface area (TPSA) is 89.4 Å². The lowest BCUT2D eigenvalue weighted by Gasteiger charge is -2.36. The first-order valence-corrected chi connectivity index (χ1v) is 10.8. The third kappa shape index (κ3) is 6.00. The van der Waals surface area contributed by atoms with Crippen molar-refractivity contribution in [2.45, 2.75) is 12.8 Å². The molecule has 3 rings (SSSR count). The zero-order chi connectivity index (χ0) is 21.4. The molecule has 1 aromatic carbocycles. The zero-order valence-corrected chi connectivity index (χ0v) is 18.3. The lowest BCUT2D eigenvalue weighted by atomic mass is 9.84. The summed E-state index contributed by atoms with van der Waals surface area (Å²) in [6, 6.07) is 7.80. The molecular formula is C21H32ClN5O3. The van der Waals surface area contributed by atoms with Gasteiger partial charge in [0, 0.05) is 69.1 Å². The van der Waals surface area contributed by atoms with E-state index >= 15 is 0 Å². The van der Waals surface area contributed by atoms with Gasteiger partial charge in [-0.05, 0) is 37.1 Å². The van der Waals surface area contributed by atoms with E-state index in [0.29, 0.717) is 45.2 Å². The number of aliphatic imine (C=N–C) groups is 1. The van der Waals surface area contributed by atoms with Gasteiger partial charge in [-0.2, -0.15) is 0 Å². The van der Waals surface area contributed by atoms with Gasteiger partial charge in [0.15, 0.2) is 5.96 Å². The van der Waals surface area contributed by atoms with Crippen LogP contribution in [0.3, 0.4) is 0 Å². The minimum Gasteiger partial charge on any atom is -0.396 e. The molecule has 2 heterocycles. The Morgan fingerprint density at radius 1 is 1.23 bits per heavy atom. The maximum absolute atomic E-state index is 12.6. The van der Waals surface area contributed by atoms with Crippen LogP contribution in [0.2, 0.25) is 5.02 Å². The number of anilines is 1. The van der Waals surface area contributed by atoms with Crippen molar-refractivity contribution >= 4 is 29.2 Å². The maximum atomic E-state index is 12.6. The fourth-order valence-electron chi connectivity index (χ4n) is 3.94. The van der Waals surface area contributed by atoms with Crippen molar-refractivity contribution in [1.82, 2.24) is 15.5 Å². The maximum Gasteiger partial charge on any atom is 0.242 e. The molecular weight excluding hydrogens is 406 g/mol. The van der Waals surface area contributed by atoms with Crippen LogP contribution in [0.4, 0.5) is 5.69 Å². The molecule has 9 heteroatoms. The highest BCUT2D eigenvalue weighted by Gasteiger charge is 2.34. The van der Waals surface area contributed by atoms with Crippen molar-refractivity contribution in [3.05, 3.63) is 29.3 Å². The normalized spacial score (nSPS) is 22.3. The van der Waals surface area contributed by atoms with Crippen LogP contribution in [0.25, 0.3) is 0 Å². The first-order valence-electron chi connectivity index (χ1n) is 10.5. The summed E-state index contributed by atoms with van der Waals surface area (Å²) >= 11 is 5.96. The van der Waals surface area contributed by atoms with Gasteiger partial charge in [0.1, 0.15) is 0 Å². The number of aliphatic hydroxyl groups is 1. The molecule has 2 fully saturated rings. The molecule has 2 aliphatic rings. The highest BCUT2D eigenvalue weighted by atomic mass is 35.5. The lowest BCUT2D eigenvalue weighted by Crippen LogP contribution is -2.52. The van der Waals surface area contributed by atoms with E-state index in [1.54, 1.807) is 7.05 Å². The molecule has 1 unspecified atom stereocenters. The molecule has 3 N–H and O–H groups in total. The molecule has 0 radical (unpaired) electrons. The Morgan fingerprint density at radius 2 is 1.97 bits per heavy atom. The highest BCUT2D eigenvalue weighted by Crippen LogP contribution is 2.31. The van der Waals surface area contributed by atoms with E-state index in [-0.39, 0.29) is 24.5 Å². The summed E-state index contributed by atoms with van der Waals surface area (Å²) in [5.74, 6) is 0.648. The van der Waals surface area contributed by atoms with Gasteiger partial charge >= 0.3 is 0 Å². The summed E-state index contributed by atoms with van der Waals surface area (Å²) in [7, 11) is 1.69. The van der Waals surface area contributed by atoms with E-state index in [2.05, 4.69) is 20.5 Å². The fourth-order valence-corrected chi connectivity index (χ4v) is 4.07. The van der Waals surface area contributed by atoms with Gasteiger partial charge in [-0.3, -0.25) is 9.79 Å². The van der Waals surface area contributed by atoms with Crippen molar-refractivity contribution in [3.63, 3.8) is 0 Å². The molecule has 1 amide bonds. The van der Waals surface area contributed by atoms with Gasteiger partial charge in [0.05, 0.1) is 13.2 Å². The third-order valence-corrected chi connectivity index (χ3v) is 6.16. The minimum absolute atomic E-state index is 0.0583. The van der Waals surface area contributed by atoms with Crippen molar-refractivity contribution in [2.75, 3.05) is 71.0 Å². The Morgan fingerprint density at radius 3 is 2.57 bits per heavy atom. The largest absolute Gasteiger partial charge is 0.396 e. The fraction of sp³-hybridized carbons (Fsp3) is 0.619. The van der Waals surface area contributed by atoms with E-state index in [9.17, 15) is 9.90 Å². The number of carbonyl (C=O) groups excluding carboxylic acids is 1. The molecule has 0 spiro atoms. The molecule has 0 aromatic heterocycles. The van der Waals surface area contributed by atoms with Crippen LogP contribution < -0.4 is 15.5 Å². The van der Waals surface area contributed by atoms with Crippen LogP contribution in [0.1, 0.15) is 12.8 Å². The quantitative estimate of drug-likeness (QED) is 0.434. The Labute approximate surface area is 183 Å². The number of hydrogen-bond donors (Lipinski definition) is 3. The van der Waals surface area contributed by atoms with Crippen LogP contribution >= 0.6 is 11.6 Å². The van der Waals surface area contributed by atoms with E-state index in [0.717, 1.165) is 30.2 Å². The Kier molecular flexibility index (Phi) is 8.18.